The van der Waals surface area contributed by atoms with Gasteiger partial charge >= 0.3 is 6.09 Å². The van der Waals surface area contributed by atoms with Crippen LogP contribution in [0.5, 0.6) is 0 Å². The third-order valence-corrected chi connectivity index (χ3v) is 6.00. The number of unbranched alkanes of at least 4 members (excludes halogenated alkanes) is 1. The van der Waals surface area contributed by atoms with Crippen LogP contribution in [-0.4, -0.2) is 47.5 Å². The van der Waals surface area contributed by atoms with Gasteiger partial charge in [0, 0.05) is 19.5 Å². The van der Waals surface area contributed by atoms with Crippen molar-refractivity contribution < 1.29 is 19.1 Å². The van der Waals surface area contributed by atoms with Crippen molar-refractivity contribution in [1.29, 1.82) is 0 Å². The van der Waals surface area contributed by atoms with Gasteiger partial charge in [-0.25, -0.2) is 4.79 Å². The predicted molar refractivity (Wildman–Crippen MR) is 152 cm³/mol. The van der Waals surface area contributed by atoms with Crippen LogP contribution in [-0.2, 0) is 20.7 Å². The average molecular weight is 522 g/mol. The lowest BCUT2D eigenvalue weighted by atomic mass is 9.95. The molecule has 7 heteroatoms. The third kappa shape index (κ3) is 9.36. The number of nitrogens with one attached hydrogen (secondary N) is 2. The average Bonchev–Trinajstić information content (AvgIpc) is 2.84. The molecule has 3 amide bonds. The molecule has 2 rings (SSSR count). The van der Waals surface area contributed by atoms with Gasteiger partial charge in [-0.2, -0.15) is 0 Å². The van der Waals surface area contributed by atoms with Crippen molar-refractivity contribution in [3.8, 4) is 0 Å². The first-order valence-electron chi connectivity index (χ1n) is 13.3. The molecular weight excluding hydrogens is 478 g/mol. The molecule has 0 aromatic heterocycles. The summed E-state index contributed by atoms with van der Waals surface area (Å²) in [5, 5.41) is 5.77. The maximum atomic E-state index is 14.2. The number of ether oxygens (including phenoxy) is 1. The highest BCUT2D eigenvalue weighted by atomic mass is 16.6. The van der Waals surface area contributed by atoms with E-state index >= 15 is 0 Å². The Bertz CT molecular complexity index is 1090. The van der Waals surface area contributed by atoms with E-state index in [-0.39, 0.29) is 18.9 Å². The molecule has 2 unspecified atom stereocenters. The van der Waals surface area contributed by atoms with Gasteiger partial charge in [0.1, 0.15) is 17.7 Å². The fourth-order valence-corrected chi connectivity index (χ4v) is 4.15. The maximum absolute atomic E-state index is 14.2. The van der Waals surface area contributed by atoms with Gasteiger partial charge in [-0.05, 0) is 57.7 Å². The zero-order valence-corrected chi connectivity index (χ0v) is 23.7. The molecule has 38 heavy (non-hydrogen) atoms. The van der Waals surface area contributed by atoms with Crippen LogP contribution in [0, 0.1) is 13.8 Å². The van der Waals surface area contributed by atoms with E-state index in [9.17, 15) is 14.4 Å². The number of hydrogen-bond donors (Lipinski definition) is 2. The predicted octanol–water partition coefficient (Wildman–Crippen LogP) is 5.41. The Balaban J connectivity index is 2.54. The van der Waals surface area contributed by atoms with Gasteiger partial charge in [0.05, 0.1) is 0 Å². The van der Waals surface area contributed by atoms with Crippen molar-refractivity contribution in [2.24, 2.45) is 0 Å². The minimum atomic E-state index is -0.955. The van der Waals surface area contributed by atoms with Gasteiger partial charge in [-0.15, -0.1) is 6.58 Å². The summed E-state index contributed by atoms with van der Waals surface area (Å²) < 4.78 is 5.47. The molecule has 0 bridgehead atoms. The SMILES string of the molecule is C=CCN(C(=O)C(Cc1ccccc1)NC(=O)OC(C)(C)C)C(C(=O)NCCCC)c1cc(C)ccc1C. The Morgan fingerprint density at radius 1 is 1.08 bits per heavy atom. The largest absolute Gasteiger partial charge is 0.444 e. The number of benzene rings is 2. The van der Waals surface area contributed by atoms with E-state index in [2.05, 4.69) is 24.1 Å². The second-order valence-corrected chi connectivity index (χ2v) is 10.6. The highest BCUT2D eigenvalue weighted by Gasteiger charge is 2.36. The van der Waals surface area contributed by atoms with Crippen LogP contribution in [0.25, 0.3) is 0 Å². The summed E-state index contributed by atoms with van der Waals surface area (Å²) >= 11 is 0. The topological polar surface area (TPSA) is 87.7 Å². The first kappa shape index (κ1) is 30.6. The maximum Gasteiger partial charge on any atom is 0.408 e. The Morgan fingerprint density at radius 2 is 1.76 bits per heavy atom. The summed E-state index contributed by atoms with van der Waals surface area (Å²) in [5.74, 6) is -0.658. The normalized spacial score (nSPS) is 12.7. The molecule has 2 N–H and O–H groups in total. The molecule has 0 radical (unpaired) electrons. The van der Waals surface area contributed by atoms with Crippen LogP contribution in [0.1, 0.15) is 68.8 Å². The number of carbonyl (C=O) groups excluding carboxylic acids is 3. The van der Waals surface area contributed by atoms with E-state index in [1.807, 2.05) is 62.4 Å². The van der Waals surface area contributed by atoms with Gasteiger partial charge in [0.25, 0.3) is 0 Å². The Morgan fingerprint density at radius 3 is 2.37 bits per heavy atom. The lowest BCUT2D eigenvalue weighted by molar-refractivity contribution is -0.141. The number of carbonyl (C=O) groups is 3. The molecule has 0 aliphatic carbocycles. The van der Waals surface area contributed by atoms with Crippen LogP contribution >= 0.6 is 0 Å². The highest BCUT2D eigenvalue weighted by Crippen LogP contribution is 2.27. The number of hydrogen-bond acceptors (Lipinski definition) is 4. The van der Waals surface area contributed by atoms with Crippen LogP contribution in [0.4, 0.5) is 4.79 Å². The first-order chi connectivity index (χ1) is 18.0. The molecule has 206 valence electrons. The van der Waals surface area contributed by atoms with Crippen LogP contribution in [0.2, 0.25) is 0 Å². The second kappa shape index (κ2) is 14.4. The Labute approximate surface area is 227 Å². The number of amides is 3. The number of alkyl carbamates (subject to hydrolysis) is 1. The summed E-state index contributed by atoms with van der Waals surface area (Å²) in [7, 11) is 0. The molecule has 0 heterocycles. The van der Waals surface area contributed by atoms with Gasteiger partial charge in [-0.1, -0.05) is 73.5 Å². The third-order valence-electron chi connectivity index (χ3n) is 6.00. The van der Waals surface area contributed by atoms with E-state index in [1.54, 1.807) is 26.8 Å². The lowest BCUT2D eigenvalue weighted by Gasteiger charge is -2.34. The summed E-state index contributed by atoms with van der Waals surface area (Å²) in [4.78, 5) is 42.1. The van der Waals surface area contributed by atoms with Crippen molar-refractivity contribution in [2.75, 3.05) is 13.1 Å². The number of rotatable bonds is 12. The van der Waals surface area contributed by atoms with E-state index in [0.29, 0.717) is 6.54 Å². The molecule has 2 aromatic rings. The highest BCUT2D eigenvalue weighted by molar-refractivity contribution is 5.92. The fraction of sp³-hybridized carbons (Fsp3) is 0.452. The monoisotopic (exact) mass is 521 g/mol. The zero-order valence-electron chi connectivity index (χ0n) is 23.7. The van der Waals surface area contributed by atoms with Crippen molar-refractivity contribution >= 4 is 17.9 Å². The molecule has 0 spiro atoms. The molecule has 2 aromatic carbocycles. The molecule has 0 saturated carbocycles. The fourth-order valence-electron chi connectivity index (χ4n) is 4.15. The van der Waals surface area contributed by atoms with E-state index < -0.39 is 29.7 Å². The zero-order chi connectivity index (χ0) is 28.3. The summed E-state index contributed by atoms with van der Waals surface area (Å²) in [6, 6.07) is 13.5. The molecule has 0 aliphatic heterocycles. The molecule has 2 atom stereocenters. The molecular formula is C31H43N3O4. The lowest BCUT2D eigenvalue weighted by Crippen LogP contribution is -2.54. The number of nitrogens with zero attached hydrogens (tertiary/aromatic N) is 1. The Hall–Kier alpha value is -3.61. The van der Waals surface area contributed by atoms with Gasteiger partial charge in [-0.3, -0.25) is 9.59 Å². The molecule has 0 saturated heterocycles. The van der Waals surface area contributed by atoms with Gasteiger partial charge in [0.15, 0.2) is 0 Å². The quantitative estimate of drug-likeness (QED) is 0.289. The first-order valence-corrected chi connectivity index (χ1v) is 13.3. The standard InChI is InChI=1S/C31H43N3O4/c1-8-10-18-32-28(35)27(25-20-22(3)16-17-23(25)4)34(19-9-2)29(36)26(21-24-14-12-11-13-15-24)33-30(37)38-31(5,6)7/h9,11-17,20,26-27H,2,8,10,18-19,21H2,1,3-7H3,(H,32,35)(H,33,37). The van der Waals surface area contributed by atoms with Crippen molar-refractivity contribution in [1.82, 2.24) is 15.5 Å². The van der Waals surface area contributed by atoms with E-state index in [0.717, 1.165) is 35.1 Å². The molecule has 0 fully saturated rings. The van der Waals surface area contributed by atoms with Crippen LogP contribution in [0.3, 0.4) is 0 Å². The molecule has 0 aliphatic rings. The van der Waals surface area contributed by atoms with E-state index in [4.69, 9.17) is 4.74 Å². The van der Waals surface area contributed by atoms with Crippen molar-refractivity contribution in [3.05, 3.63) is 83.4 Å². The summed E-state index contributed by atoms with van der Waals surface area (Å²) in [6.07, 6.45) is 2.91. The van der Waals surface area contributed by atoms with Crippen LogP contribution in [0.15, 0.2) is 61.2 Å². The van der Waals surface area contributed by atoms with E-state index in [1.165, 1.54) is 4.90 Å². The minimum absolute atomic E-state index is 0.124. The smallest absolute Gasteiger partial charge is 0.408 e. The summed E-state index contributed by atoms with van der Waals surface area (Å²) in [5.41, 5.74) is 2.76. The van der Waals surface area contributed by atoms with Crippen molar-refractivity contribution in [3.63, 3.8) is 0 Å². The Kier molecular flexibility index (Phi) is 11.6. The number of aryl methyl sites for hydroxylation is 2. The molecule has 7 nitrogen and oxygen atoms in total. The van der Waals surface area contributed by atoms with Crippen LogP contribution < -0.4 is 10.6 Å². The van der Waals surface area contributed by atoms with Crippen molar-refractivity contribution in [2.45, 2.75) is 78.5 Å². The van der Waals surface area contributed by atoms with Gasteiger partial charge < -0.3 is 20.3 Å². The van der Waals surface area contributed by atoms with Gasteiger partial charge in [0.2, 0.25) is 11.8 Å². The summed E-state index contributed by atoms with van der Waals surface area (Å²) in [6.45, 7) is 15.7. The second-order valence-electron chi connectivity index (χ2n) is 10.6. The minimum Gasteiger partial charge on any atom is -0.444 e.